The van der Waals surface area contributed by atoms with Crippen LogP contribution in [0.5, 0.6) is 0 Å². The topological polar surface area (TPSA) is 43.8 Å². The van der Waals surface area contributed by atoms with Gasteiger partial charge in [0, 0.05) is 18.6 Å². The number of piperidine rings is 1. The van der Waals surface area contributed by atoms with Gasteiger partial charge in [-0.1, -0.05) is 12.8 Å². The van der Waals surface area contributed by atoms with E-state index in [2.05, 4.69) is 9.80 Å². The minimum absolute atomic E-state index is 0.234. The summed E-state index contributed by atoms with van der Waals surface area (Å²) in [6, 6.07) is 1.04. The molecule has 0 spiro atoms. The van der Waals surface area contributed by atoms with Gasteiger partial charge in [0.15, 0.2) is 0 Å². The Hall–Kier alpha value is -0.610. The Kier molecular flexibility index (Phi) is 4.08. The maximum absolute atomic E-state index is 12.6. The maximum atomic E-state index is 12.6. The van der Waals surface area contributed by atoms with Crippen LogP contribution in [-0.4, -0.2) is 58.6 Å². The number of hydrogen-bond donors (Lipinski definition) is 1. The second kappa shape index (κ2) is 5.80. The predicted octanol–water partition coefficient (Wildman–Crippen LogP) is 1.38. The van der Waals surface area contributed by atoms with Crippen LogP contribution in [0.2, 0.25) is 0 Å². The lowest BCUT2D eigenvalue weighted by atomic mass is 10.1. The van der Waals surface area contributed by atoms with Gasteiger partial charge in [0.1, 0.15) is 0 Å². The Morgan fingerprint density at radius 2 is 1.74 bits per heavy atom. The van der Waals surface area contributed by atoms with E-state index < -0.39 is 0 Å². The van der Waals surface area contributed by atoms with Gasteiger partial charge in [0.05, 0.1) is 12.6 Å². The average molecular weight is 266 g/mol. The van der Waals surface area contributed by atoms with Crippen LogP contribution >= 0.6 is 0 Å². The van der Waals surface area contributed by atoms with E-state index in [1.165, 1.54) is 38.5 Å². The molecule has 1 atom stereocenters. The zero-order chi connectivity index (χ0) is 13.2. The van der Waals surface area contributed by atoms with Gasteiger partial charge in [-0.05, 0) is 45.1 Å². The van der Waals surface area contributed by atoms with Crippen LogP contribution < -0.4 is 0 Å². The molecule has 1 saturated heterocycles. The van der Waals surface area contributed by atoms with E-state index >= 15 is 0 Å². The molecule has 3 fully saturated rings. The Balaban J connectivity index is 1.57. The minimum atomic E-state index is -0.234. The minimum Gasteiger partial charge on any atom is -0.392 e. The average Bonchev–Trinajstić information content (AvgIpc) is 3.04. The molecule has 0 radical (unpaired) electrons. The van der Waals surface area contributed by atoms with Crippen molar-refractivity contribution in [1.29, 1.82) is 0 Å². The first-order valence-electron chi connectivity index (χ1n) is 7.95. The van der Waals surface area contributed by atoms with Crippen molar-refractivity contribution in [2.75, 3.05) is 19.6 Å². The molecule has 1 heterocycles. The van der Waals surface area contributed by atoms with Gasteiger partial charge in [0.25, 0.3) is 0 Å². The lowest BCUT2D eigenvalue weighted by molar-refractivity contribution is -0.136. The summed E-state index contributed by atoms with van der Waals surface area (Å²) in [5.41, 5.74) is 0. The number of hydrogen-bond acceptors (Lipinski definition) is 3. The zero-order valence-electron chi connectivity index (χ0n) is 11.8. The molecule has 108 valence electrons. The van der Waals surface area contributed by atoms with Crippen molar-refractivity contribution in [2.45, 2.75) is 69.6 Å². The molecule has 0 bridgehead atoms. The van der Waals surface area contributed by atoms with Crippen LogP contribution in [0, 0.1) is 0 Å². The molecule has 3 aliphatic rings. The molecule has 2 saturated carbocycles. The summed E-state index contributed by atoms with van der Waals surface area (Å²) in [5.74, 6) is 0.309. The molecule has 1 N–H and O–H groups in total. The van der Waals surface area contributed by atoms with Crippen LogP contribution in [0.1, 0.15) is 51.4 Å². The third kappa shape index (κ3) is 3.29. The van der Waals surface area contributed by atoms with E-state index in [0.29, 0.717) is 31.1 Å². The lowest BCUT2D eigenvalue weighted by Crippen LogP contribution is -2.48. The second-order valence-electron chi connectivity index (χ2n) is 6.50. The van der Waals surface area contributed by atoms with Crippen LogP contribution in [-0.2, 0) is 4.79 Å². The van der Waals surface area contributed by atoms with Crippen LogP contribution in [0.4, 0.5) is 0 Å². The van der Waals surface area contributed by atoms with E-state index in [-0.39, 0.29) is 6.10 Å². The third-order valence-corrected chi connectivity index (χ3v) is 4.79. The number of aliphatic hydroxyl groups is 1. The Morgan fingerprint density at radius 1 is 1.05 bits per heavy atom. The van der Waals surface area contributed by atoms with Crippen molar-refractivity contribution < 1.29 is 9.90 Å². The summed E-state index contributed by atoms with van der Waals surface area (Å²) < 4.78 is 0. The van der Waals surface area contributed by atoms with E-state index in [1.807, 2.05) is 0 Å². The molecule has 1 amide bonds. The first-order valence-corrected chi connectivity index (χ1v) is 7.95. The van der Waals surface area contributed by atoms with Crippen LogP contribution in [0.25, 0.3) is 0 Å². The fourth-order valence-electron chi connectivity index (χ4n) is 3.69. The number of β-amino-alcohol motifs (C(OH)–C–C–N with tert-alkyl or cyclic N) is 1. The Bertz CT molecular complexity index is 324. The number of nitrogens with zero attached hydrogens (tertiary/aromatic N) is 2. The standard InChI is InChI=1S/C15H26N2O2/c18-14-6-3-9-16(10-14)11-15(19)17(13-7-8-13)12-4-1-2-5-12/h12-14,18H,1-11H2. The highest BCUT2D eigenvalue weighted by molar-refractivity contribution is 5.79. The van der Waals surface area contributed by atoms with Crippen molar-refractivity contribution >= 4 is 5.91 Å². The molecule has 2 aliphatic carbocycles. The van der Waals surface area contributed by atoms with E-state index in [1.54, 1.807) is 0 Å². The number of rotatable bonds is 4. The number of likely N-dealkylation sites (tertiary alicyclic amines) is 1. The van der Waals surface area contributed by atoms with Gasteiger partial charge in [-0.2, -0.15) is 0 Å². The Labute approximate surface area is 115 Å². The number of aliphatic hydroxyl groups excluding tert-OH is 1. The third-order valence-electron chi connectivity index (χ3n) is 4.79. The summed E-state index contributed by atoms with van der Waals surface area (Å²) in [5, 5.41) is 9.70. The predicted molar refractivity (Wildman–Crippen MR) is 73.8 cm³/mol. The molecule has 0 aromatic rings. The van der Waals surface area contributed by atoms with Gasteiger partial charge in [-0.25, -0.2) is 0 Å². The molecule has 19 heavy (non-hydrogen) atoms. The molecule has 3 rings (SSSR count). The highest BCUT2D eigenvalue weighted by Gasteiger charge is 2.38. The summed E-state index contributed by atoms with van der Waals surface area (Å²) in [6.45, 7) is 2.16. The summed E-state index contributed by atoms with van der Waals surface area (Å²) in [7, 11) is 0. The molecule has 1 unspecified atom stereocenters. The normalized spacial score (nSPS) is 29.6. The first-order chi connectivity index (χ1) is 9.24. The molecule has 0 aromatic heterocycles. The largest absolute Gasteiger partial charge is 0.392 e. The smallest absolute Gasteiger partial charge is 0.237 e. The fourth-order valence-corrected chi connectivity index (χ4v) is 3.69. The maximum Gasteiger partial charge on any atom is 0.237 e. The quantitative estimate of drug-likeness (QED) is 0.836. The molecule has 1 aliphatic heterocycles. The number of amides is 1. The van der Waals surface area contributed by atoms with E-state index in [0.717, 1.165) is 19.4 Å². The molecule has 0 aromatic carbocycles. The zero-order valence-corrected chi connectivity index (χ0v) is 11.8. The van der Waals surface area contributed by atoms with Gasteiger partial charge in [-0.3, -0.25) is 9.69 Å². The summed E-state index contributed by atoms with van der Waals surface area (Å²) >= 11 is 0. The SMILES string of the molecule is O=C(CN1CCCC(O)C1)N(C1CCCC1)C1CC1. The lowest BCUT2D eigenvalue weighted by Gasteiger charge is -2.34. The van der Waals surface area contributed by atoms with Crippen molar-refractivity contribution in [3.8, 4) is 0 Å². The number of carbonyl (C=O) groups excluding carboxylic acids is 1. The molecular formula is C15H26N2O2. The highest BCUT2D eigenvalue weighted by Crippen LogP contribution is 2.34. The Morgan fingerprint density at radius 3 is 2.37 bits per heavy atom. The number of carbonyl (C=O) groups is 1. The summed E-state index contributed by atoms with van der Waals surface area (Å²) in [4.78, 5) is 16.9. The van der Waals surface area contributed by atoms with Gasteiger partial charge in [0.2, 0.25) is 5.91 Å². The highest BCUT2D eigenvalue weighted by atomic mass is 16.3. The first kappa shape index (κ1) is 13.4. The monoisotopic (exact) mass is 266 g/mol. The van der Waals surface area contributed by atoms with Crippen molar-refractivity contribution in [3.05, 3.63) is 0 Å². The fraction of sp³-hybridized carbons (Fsp3) is 0.933. The van der Waals surface area contributed by atoms with Crippen molar-refractivity contribution in [1.82, 2.24) is 9.80 Å². The van der Waals surface area contributed by atoms with Gasteiger partial charge >= 0.3 is 0 Å². The second-order valence-corrected chi connectivity index (χ2v) is 6.50. The van der Waals surface area contributed by atoms with Gasteiger partial charge in [-0.15, -0.1) is 0 Å². The van der Waals surface area contributed by atoms with E-state index in [4.69, 9.17) is 0 Å². The van der Waals surface area contributed by atoms with Crippen molar-refractivity contribution in [2.24, 2.45) is 0 Å². The molecular weight excluding hydrogens is 240 g/mol. The van der Waals surface area contributed by atoms with E-state index in [9.17, 15) is 9.90 Å². The van der Waals surface area contributed by atoms with Crippen LogP contribution in [0.3, 0.4) is 0 Å². The van der Waals surface area contributed by atoms with Gasteiger partial charge < -0.3 is 10.0 Å². The molecule has 4 nitrogen and oxygen atoms in total. The summed E-state index contributed by atoms with van der Waals surface area (Å²) in [6.07, 6.45) is 9.03. The van der Waals surface area contributed by atoms with Crippen molar-refractivity contribution in [3.63, 3.8) is 0 Å². The molecule has 4 heteroatoms. The van der Waals surface area contributed by atoms with Crippen LogP contribution in [0.15, 0.2) is 0 Å².